The van der Waals surface area contributed by atoms with E-state index >= 15 is 0 Å². The average molecular weight is 506 g/mol. The van der Waals surface area contributed by atoms with Crippen molar-refractivity contribution in [2.45, 2.75) is 37.7 Å². The van der Waals surface area contributed by atoms with Gasteiger partial charge in [0.2, 0.25) is 11.8 Å². The van der Waals surface area contributed by atoms with Crippen molar-refractivity contribution in [2.24, 2.45) is 11.8 Å². The van der Waals surface area contributed by atoms with E-state index in [9.17, 15) is 29.0 Å². The number of ether oxygens (including phenoxy) is 1. The van der Waals surface area contributed by atoms with Gasteiger partial charge in [0.15, 0.2) is 0 Å². The maximum absolute atomic E-state index is 14.9. The van der Waals surface area contributed by atoms with Gasteiger partial charge >= 0.3 is 5.97 Å². The van der Waals surface area contributed by atoms with Crippen molar-refractivity contribution in [2.75, 3.05) is 42.6 Å². The van der Waals surface area contributed by atoms with Gasteiger partial charge in [-0.05, 0) is 25.1 Å². The largest absolute Gasteiger partial charge is 0.477 e. The van der Waals surface area contributed by atoms with Crippen molar-refractivity contribution in [3.05, 3.63) is 34.6 Å². The highest BCUT2D eigenvalue weighted by Gasteiger charge is 2.60. The number of aliphatic hydroxyl groups is 1. The minimum absolute atomic E-state index is 0.0544. The summed E-state index contributed by atoms with van der Waals surface area (Å²) in [5.41, 5.74) is 0.890. The number of benzene rings is 1. The second-order valence-electron chi connectivity index (χ2n) is 9.46. The first-order valence-corrected chi connectivity index (χ1v) is 12.6. The van der Waals surface area contributed by atoms with E-state index in [1.165, 1.54) is 34.6 Å². The molecule has 5 rings (SSSR count). The van der Waals surface area contributed by atoms with E-state index < -0.39 is 29.9 Å². The Labute approximate surface area is 206 Å². The Kier molecular flexibility index (Phi) is 6.27. The lowest BCUT2D eigenvalue weighted by Gasteiger charge is -2.46. The smallest absolute Gasteiger partial charge is 0.353 e. The summed E-state index contributed by atoms with van der Waals surface area (Å²) >= 11 is 1.30. The molecule has 9 nitrogen and oxygen atoms in total. The molecule has 3 fully saturated rings. The number of morpholine rings is 1. The fourth-order valence-corrected chi connectivity index (χ4v) is 7.05. The third-order valence-corrected chi connectivity index (χ3v) is 8.76. The van der Waals surface area contributed by atoms with Gasteiger partial charge in [0.1, 0.15) is 11.5 Å². The standard InChI is InChI=1S/C24H28FN3O6S/c1-12-20-19(13(2)29)23(31)28(20)21(24(32)33)22(12)35-15-10-18(30)27(11-15)14-3-4-17(16(25)9-14)26-5-7-34-8-6-26/h3-4,9,12-13,15,19-20,29H,5-8,10-11H2,1-2H3,(H,32,33)/t12?,13?,15-,19?,20?/m0/s1. The van der Waals surface area contributed by atoms with Gasteiger partial charge < -0.3 is 29.6 Å². The molecule has 2 N–H and O–H groups in total. The predicted octanol–water partition coefficient (Wildman–Crippen LogP) is 1.65. The van der Waals surface area contributed by atoms with E-state index in [2.05, 4.69) is 0 Å². The number of carbonyl (C=O) groups is 3. The third-order valence-electron chi connectivity index (χ3n) is 7.29. The Morgan fingerprint density at radius 2 is 1.97 bits per heavy atom. The van der Waals surface area contributed by atoms with E-state index in [-0.39, 0.29) is 35.1 Å². The molecule has 2 amide bonds. The molecule has 4 aliphatic heterocycles. The average Bonchev–Trinajstić information content (AvgIpc) is 3.29. The lowest BCUT2D eigenvalue weighted by Crippen LogP contribution is -2.63. The van der Waals surface area contributed by atoms with Crippen molar-refractivity contribution in [1.82, 2.24) is 4.90 Å². The lowest BCUT2D eigenvalue weighted by atomic mass is 9.79. The summed E-state index contributed by atoms with van der Waals surface area (Å²) in [5.74, 6) is -3.04. The van der Waals surface area contributed by atoms with Crippen molar-refractivity contribution in [3.8, 4) is 0 Å². The molecule has 0 bridgehead atoms. The molecular weight excluding hydrogens is 477 g/mol. The number of aliphatic carboxylic acids is 1. The number of anilines is 2. The molecule has 0 saturated carbocycles. The number of fused-ring (bicyclic) bond motifs is 1. The molecule has 4 heterocycles. The highest BCUT2D eigenvalue weighted by molar-refractivity contribution is 8.03. The zero-order valence-electron chi connectivity index (χ0n) is 19.5. The minimum Gasteiger partial charge on any atom is -0.477 e. The minimum atomic E-state index is -1.19. The summed E-state index contributed by atoms with van der Waals surface area (Å²) in [6.45, 7) is 5.99. The monoisotopic (exact) mass is 505 g/mol. The molecule has 4 unspecified atom stereocenters. The topological polar surface area (TPSA) is 111 Å². The predicted molar refractivity (Wildman–Crippen MR) is 127 cm³/mol. The van der Waals surface area contributed by atoms with E-state index in [1.54, 1.807) is 12.1 Å². The van der Waals surface area contributed by atoms with Crippen LogP contribution in [0.15, 0.2) is 28.8 Å². The fourth-order valence-electron chi connectivity index (χ4n) is 5.59. The molecule has 3 saturated heterocycles. The van der Waals surface area contributed by atoms with Crippen LogP contribution < -0.4 is 9.80 Å². The van der Waals surface area contributed by atoms with Crippen LogP contribution in [0.2, 0.25) is 0 Å². The summed E-state index contributed by atoms with van der Waals surface area (Å²) in [7, 11) is 0. The van der Waals surface area contributed by atoms with Gasteiger partial charge in [0, 0.05) is 47.8 Å². The quantitative estimate of drug-likeness (QED) is 0.562. The SMILES string of the molecule is CC(O)C1C(=O)N2C(C(=O)O)=C(S[C@H]3CC(=O)N(c4ccc(N5CCOCC5)c(F)c4)C3)C(C)C12. The summed E-state index contributed by atoms with van der Waals surface area (Å²) in [6.07, 6.45) is -0.691. The number of hydrogen-bond acceptors (Lipinski definition) is 7. The van der Waals surface area contributed by atoms with Gasteiger partial charge in [-0.15, -0.1) is 11.8 Å². The van der Waals surface area contributed by atoms with Crippen LogP contribution in [0.3, 0.4) is 0 Å². The van der Waals surface area contributed by atoms with Crippen LogP contribution in [0.5, 0.6) is 0 Å². The number of halogens is 1. The Morgan fingerprint density at radius 3 is 2.60 bits per heavy atom. The molecule has 5 atom stereocenters. The van der Waals surface area contributed by atoms with Crippen molar-refractivity contribution < 1.29 is 33.7 Å². The van der Waals surface area contributed by atoms with Gasteiger partial charge in [-0.25, -0.2) is 9.18 Å². The summed E-state index contributed by atoms with van der Waals surface area (Å²) in [5, 5.41) is 19.6. The number of β-lactam (4-membered cyclic amide) rings is 1. The van der Waals surface area contributed by atoms with Gasteiger partial charge in [-0.2, -0.15) is 0 Å². The van der Waals surface area contributed by atoms with Gasteiger partial charge in [0.25, 0.3) is 0 Å². The van der Waals surface area contributed by atoms with Crippen molar-refractivity contribution in [1.29, 1.82) is 0 Å². The van der Waals surface area contributed by atoms with Crippen LogP contribution in [0.25, 0.3) is 0 Å². The first kappa shape index (κ1) is 24.1. The number of thioether (sulfide) groups is 1. The molecular formula is C24H28FN3O6S. The maximum atomic E-state index is 14.9. The number of hydrogen-bond donors (Lipinski definition) is 2. The summed E-state index contributed by atoms with van der Waals surface area (Å²) in [4.78, 5) is 42.7. The number of amides is 2. The lowest BCUT2D eigenvalue weighted by molar-refractivity contribution is -0.163. The van der Waals surface area contributed by atoms with Crippen LogP contribution in [0, 0.1) is 17.7 Å². The highest BCUT2D eigenvalue weighted by atomic mass is 32.2. The Bertz CT molecular complexity index is 1100. The molecule has 188 valence electrons. The van der Waals surface area contributed by atoms with Crippen LogP contribution in [-0.4, -0.2) is 83.1 Å². The number of nitrogens with zero attached hydrogens (tertiary/aromatic N) is 3. The fraction of sp³-hybridized carbons (Fsp3) is 0.542. The van der Waals surface area contributed by atoms with Gasteiger partial charge in [0.05, 0.1) is 37.0 Å². The van der Waals surface area contributed by atoms with Crippen LogP contribution in [0.1, 0.15) is 20.3 Å². The Balaban J connectivity index is 1.33. The number of carboxylic acids is 1. The zero-order valence-corrected chi connectivity index (χ0v) is 20.3. The Hall–Kier alpha value is -2.63. The summed E-state index contributed by atoms with van der Waals surface area (Å²) < 4.78 is 20.2. The normalized spacial score (nSPS) is 29.5. The highest BCUT2D eigenvalue weighted by Crippen LogP contribution is 2.52. The van der Waals surface area contributed by atoms with E-state index in [0.29, 0.717) is 49.1 Å². The second-order valence-corrected chi connectivity index (χ2v) is 10.8. The molecule has 1 aromatic rings. The molecule has 11 heteroatoms. The Morgan fingerprint density at radius 1 is 1.26 bits per heavy atom. The number of rotatable bonds is 6. The third kappa shape index (κ3) is 3.99. The second kappa shape index (κ2) is 9.11. The number of aliphatic hydroxyl groups excluding tert-OH is 1. The number of carboxylic acid groups (broad SMARTS) is 1. The number of carbonyl (C=O) groups excluding carboxylic acids is 2. The molecule has 0 radical (unpaired) electrons. The molecule has 4 aliphatic rings. The summed E-state index contributed by atoms with van der Waals surface area (Å²) in [6, 6.07) is 4.39. The van der Waals surface area contributed by atoms with E-state index in [0.717, 1.165) is 0 Å². The maximum Gasteiger partial charge on any atom is 0.353 e. The van der Waals surface area contributed by atoms with Crippen LogP contribution >= 0.6 is 11.8 Å². The first-order valence-electron chi connectivity index (χ1n) is 11.8. The van der Waals surface area contributed by atoms with Crippen LogP contribution in [-0.2, 0) is 19.1 Å². The van der Waals surface area contributed by atoms with Gasteiger partial charge in [-0.3, -0.25) is 9.59 Å². The van der Waals surface area contributed by atoms with Crippen LogP contribution in [0.4, 0.5) is 15.8 Å². The van der Waals surface area contributed by atoms with E-state index in [1.807, 2.05) is 11.8 Å². The molecule has 0 aliphatic carbocycles. The van der Waals surface area contributed by atoms with Crippen molar-refractivity contribution in [3.63, 3.8) is 0 Å². The molecule has 0 spiro atoms. The van der Waals surface area contributed by atoms with E-state index in [4.69, 9.17) is 4.74 Å². The first-order chi connectivity index (χ1) is 16.7. The van der Waals surface area contributed by atoms with Crippen molar-refractivity contribution >= 4 is 40.9 Å². The van der Waals surface area contributed by atoms with Gasteiger partial charge in [-0.1, -0.05) is 6.92 Å². The molecule has 0 aromatic heterocycles. The molecule has 1 aromatic carbocycles. The zero-order chi connectivity index (χ0) is 25.0. The molecule has 35 heavy (non-hydrogen) atoms.